The van der Waals surface area contributed by atoms with Crippen LogP contribution in [-0.2, 0) is 14.3 Å². The lowest BCUT2D eigenvalue weighted by Crippen LogP contribution is -2.07. The van der Waals surface area contributed by atoms with Crippen molar-refractivity contribution in [2.75, 3.05) is 6.61 Å². The molecule has 0 saturated heterocycles. The maximum absolute atomic E-state index is 10.5. The number of carboxylic acids is 1. The topological polar surface area (TPSA) is 63.6 Å². The highest BCUT2D eigenvalue weighted by Gasteiger charge is 1.98. The van der Waals surface area contributed by atoms with Gasteiger partial charge in [-0.05, 0) is 5.92 Å². The van der Waals surface area contributed by atoms with Gasteiger partial charge in [0, 0.05) is 12.8 Å². The van der Waals surface area contributed by atoms with E-state index in [0.29, 0.717) is 18.9 Å². The molecule has 1 N–H and O–H groups in total. The molecule has 0 aliphatic rings. The van der Waals surface area contributed by atoms with Crippen LogP contribution in [0.25, 0.3) is 0 Å². The predicted octanol–water partition coefficient (Wildman–Crippen LogP) is 2.08. The van der Waals surface area contributed by atoms with Crippen molar-refractivity contribution in [3.63, 3.8) is 0 Å². The van der Waals surface area contributed by atoms with E-state index in [1.165, 1.54) is 0 Å². The van der Waals surface area contributed by atoms with Crippen LogP contribution < -0.4 is 0 Å². The molecular weight excluding hydrogens is 184 g/mol. The van der Waals surface area contributed by atoms with Crippen LogP contribution in [0, 0.1) is 5.92 Å². The van der Waals surface area contributed by atoms with Crippen molar-refractivity contribution in [3.8, 4) is 0 Å². The van der Waals surface area contributed by atoms with Crippen molar-refractivity contribution in [2.24, 2.45) is 5.92 Å². The minimum atomic E-state index is -0.745. The van der Waals surface area contributed by atoms with Crippen molar-refractivity contribution >= 4 is 11.9 Å². The number of hydrogen-bond donors (Lipinski definition) is 1. The molecule has 4 nitrogen and oxygen atoms in total. The first-order chi connectivity index (χ1) is 6.43. The lowest BCUT2D eigenvalue weighted by molar-refractivity contribution is -0.144. The summed E-state index contributed by atoms with van der Waals surface area (Å²) >= 11 is 0. The number of carbonyl (C=O) groups excluding carboxylic acids is 1. The number of hydrogen-bond acceptors (Lipinski definition) is 3. The zero-order valence-corrected chi connectivity index (χ0v) is 9.37. The van der Waals surface area contributed by atoms with Gasteiger partial charge in [0.1, 0.15) is 0 Å². The van der Waals surface area contributed by atoms with Crippen molar-refractivity contribution in [3.05, 3.63) is 0 Å². The van der Waals surface area contributed by atoms with Crippen molar-refractivity contribution in [1.29, 1.82) is 0 Å². The highest BCUT2D eigenvalue weighted by atomic mass is 16.5. The van der Waals surface area contributed by atoms with Gasteiger partial charge in [0.2, 0.25) is 0 Å². The summed E-state index contributed by atoms with van der Waals surface area (Å²) in [6.45, 7) is 7.98. The molecule has 0 aliphatic heterocycles. The molecule has 0 rings (SSSR count). The second kappa shape index (κ2) is 10.0. The van der Waals surface area contributed by atoms with E-state index in [4.69, 9.17) is 9.84 Å². The Morgan fingerprint density at radius 3 is 1.86 bits per heavy atom. The van der Waals surface area contributed by atoms with Gasteiger partial charge in [-0.1, -0.05) is 27.7 Å². The smallest absolute Gasteiger partial charge is 0.305 e. The van der Waals surface area contributed by atoms with Crippen LogP contribution in [-0.4, -0.2) is 23.7 Å². The summed E-state index contributed by atoms with van der Waals surface area (Å²) in [6, 6.07) is 0. The molecule has 0 unspecified atom stereocenters. The van der Waals surface area contributed by atoms with E-state index < -0.39 is 5.97 Å². The van der Waals surface area contributed by atoms with Crippen molar-refractivity contribution in [1.82, 2.24) is 0 Å². The molecule has 14 heavy (non-hydrogen) atoms. The third kappa shape index (κ3) is 17.1. The lowest BCUT2D eigenvalue weighted by atomic mass is 10.2. The molecule has 0 amide bonds. The highest BCUT2D eigenvalue weighted by Crippen LogP contribution is 1.93. The molecule has 84 valence electrons. The van der Waals surface area contributed by atoms with E-state index in [2.05, 4.69) is 0 Å². The van der Waals surface area contributed by atoms with Gasteiger partial charge in [0.15, 0.2) is 0 Å². The fourth-order valence-electron chi connectivity index (χ4n) is 0.362. The Hall–Kier alpha value is -1.06. The third-order valence-corrected chi connectivity index (χ3v) is 1.17. The molecule has 0 aromatic rings. The first kappa shape index (κ1) is 15.4. The first-order valence-electron chi connectivity index (χ1n) is 4.81. The van der Waals surface area contributed by atoms with Gasteiger partial charge >= 0.3 is 11.9 Å². The van der Waals surface area contributed by atoms with Crippen LogP contribution in [0.5, 0.6) is 0 Å². The molecule has 0 spiro atoms. The quantitative estimate of drug-likeness (QED) is 0.712. The molecular formula is C10H20O4. The lowest BCUT2D eigenvalue weighted by Gasteiger charge is -2.04. The summed E-state index contributed by atoms with van der Waals surface area (Å²) in [5.41, 5.74) is 0. The van der Waals surface area contributed by atoms with E-state index in [1.807, 2.05) is 13.8 Å². The van der Waals surface area contributed by atoms with Crippen LogP contribution in [0.2, 0.25) is 0 Å². The van der Waals surface area contributed by atoms with Crippen LogP contribution in [0.1, 0.15) is 40.5 Å². The summed E-state index contributed by atoms with van der Waals surface area (Å²) in [4.78, 5) is 19.9. The number of rotatable bonds is 4. The van der Waals surface area contributed by atoms with E-state index in [-0.39, 0.29) is 12.4 Å². The summed E-state index contributed by atoms with van der Waals surface area (Å²) in [7, 11) is 0. The number of carboxylic acid groups (broad SMARTS) is 1. The van der Waals surface area contributed by atoms with Crippen LogP contribution in [0.4, 0.5) is 0 Å². The average molecular weight is 204 g/mol. The zero-order chi connectivity index (χ0) is 11.6. The van der Waals surface area contributed by atoms with Crippen LogP contribution in [0.15, 0.2) is 0 Å². The Kier molecular flexibility index (Phi) is 11.0. The molecule has 0 aliphatic carbocycles. The molecule has 0 aromatic carbocycles. The standard InChI is InChI=1S/C7H14O2.C3H6O2/c1-4-7(8)9-5-6(2)3;1-2-3(4)5/h6H,4-5H2,1-3H3;2H2,1H3,(H,4,5). The maximum atomic E-state index is 10.5. The summed E-state index contributed by atoms with van der Waals surface area (Å²) in [6.07, 6.45) is 0.701. The third-order valence-electron chi connectivity index (χ3n) is 1.17. The second-order valence-corrected chi connectivity index (χ2v) is 3.18. The Labute approximate surface area is 85.3 Å². The van der Waals surface area contributed by atoms with Gasteiger partial charge in [-0.15, -0.1) is 0 Å². The Morgan fingerprint density at radius 2 is 1.64 bits per heavy atom. The Morgan fingerprint density at radius 1 is 1.21 bits per heavy atom. The number of ether oxygens (including phenoxy) is 1. The van der Waals surface area contributed by atoms with Gasteiger partial charge in [-0.2, -0.15) is 0 Å². The van der Waals surface area contributed by atoms with E-state index in [0.717, 1.165) is 0 Å². The van der Waals surface area contributed by atoms with E-state index >= 15 is 0 Å². The van der Waals surface area contributed by atoms with Gasteiger partial charge in [-0.3, -0.25) is 9.59 Å². The fraction of sp³-hybridized carbons (Fsp3) is 0.800. The van der Waals surface area contributed by atoms with E-state index in [9.17, 15) is 9.59 Å². The molecule has 0 aromatic heterocycles. The molecule has 4 heteroatoms. The first-order valence-corrected chi connectivity index (χ1v) is 4.81. The molecule has 0 saturated carbocycles. The average Bonchev–Trinajstić information content (AvgIpc) is 2.14. The van der Waals surface area contributed by atoms with Gasteiger partial charge in [0.05, 0.1) is 6.61 Å². The highest BCUT2D eigenvalue weighted by molar-refractivity contribution is 5.68. The number of carbonyl (C=O) groups is 2. The minimum absolute atomic E-state index is 0.108. The summed E-state index contributed by atoms with van der Waals surface area (Å²) < 4.78 is 4.81. The van der Waals surface area contributed by atoms with Gasteiger partial charge < -0.3 is 9.84 Å². The predicted molar refractivity (Wildman–Crippen MR) is 54.0 cm³/mol. The fourth-order valence-corrected chi connectivity index (χ4v) is 0.362. The summed E-state index contributed by atoms with van der Waals surface area (Å²) in [5.74, 6) is -0.408. The monoisotopic (exact) mass is 204 g/mol. The number of aliphatic carboxylic acids is 1. The molecule has 0 radical (unpaired) electrons. The van der Waals surface area contributed by atoms with Gasteiger partial charge in [-0.25, -0.2) is 0 Å². The number of esters is 1. The Balaban J connectivity index is 0. The largest absolute Gasteiger partial charge is 0.481 e. The van der Waals surface area contributed by atoms with Gasteiger partial charge in [0.25, 0.3) is 0 Å². The molecule has 0 fully saturated rings. The van der Waals surface area contributed by atoms with Crippen LogP contribution in [0.3, 0.4) is 0 Å². The minimum Gasteiger partial charge on any atom is -0.481 e. The Bertz CT molecular complexity index is 164. The summed E-state index contributed by atoms with van der Waals surface area (Å²) in [5, 5.41) is 7.72. The van der Waals surface area contributed by atoms with Crippen molar-refractivity contribution in [2.45, 2.75) is 40.5 Å². The second-order valence-electron chi connectivity index (χ2n) is 3.18. The van der Waals surface area contributed by atoms with E-state index in [1.54, 1.807) is 13.8 Å². The van der Waals surface area contributed by atoms with Crippen LogP contribution >= 0.6 is 0 Å². The molecule has 0 atom stereocenters. The van der Waals surface area contributed by atoms with Crippen molar-refractivity contribution < 1.29 is 19.4 Å². The zero-order valence-electron chi connectivity index (χ0n) is 9.37. The maximum Gasteiger partial charge on any atom is 0.305 e. The normalized spacial score (nSPS) is 8.93. The SMILES string of the molecule is CCC(=O)O.CCC(=O)OCC(C)C. The molecule has 0 bridgehead atoms. The molecule has 0 heterocycles.